The van der Waals surface area contributed by atoms with Crippen molar-refractivity contribution in [2.24, 2.45) is 0 Å². The minimum atomic E-state index is -0.316. The average Bonchev–Trinajstić information content (AvgIpc) is 3.00. The number of rotatable bonds is 3. The smallest absolute Gasteiger partial charge is 0.293 e. The fourth-order valence-corrected chi connectivity index (χ4v) is 1.75. The summed E-state index contributed by atoms with van der Waals surface area (Å²) in [4.78, 5) is 16.3. The molecule has 2 rings (SSSR count). The van der Waals surface area contributed by atoms with Gasteiger partial charge in [-0.05, 0) is 33.6 Å². The molecule has 1 aliphatic carbocycles. The number of anilines is 1. The van der Waals surface area contributed by atoms with Crippen molar-refractivity contribution >= 4 is 5.82 Å². The number of nitrogens with one attached hydrogen (secondary N) is 1. The molecule has 1 heterocycles. The Hall–Kier alpha value is -1.36. The third kappa shape index (κ3) is 2.34. The first-order valence-corrected chi connectivity index (χ1v) is 5.85. The van der Waals surface area contributed by atoms with Crippen molar-refractivity contribution in [2.45, 2.75) is 44.7 Å². The lowest BCUT2D eigenvalue weighted by atomic mass is 10.1. The van der Waals surface area contributed by atoms with Crippen LogP contribution in [0.1, 0.15) is 33.6 Å². The van der Waals surface area contributed by atoms with Gasteiger partial charge in [-0.25, -0.2) is 4.98 Å². The number of hydrogen-bond donors (Lipinski definition) is 2. The first-order valence-electron chi connectivity index (χ1n) is 5.85. The summed E-state index contributed by atoms with van der Waals surface area (Å²) in [5.74, 6) is 0.328. The Bertz CT molecular complexity index is 469. The van der Waals surface area contributed by atoms with Crippen LogP contribution in [-0.2, 0) is 5.54 Å². The summed E-state index contributed by atoms with van der Waals surface area (Å²) in [6.07, 6.45) is 5.07. The summed E-state index contributed by atoms with van der Waals surface area (Å²) < 4.78 is 1.65. The van der Waals surface area contributed by atoms with E-state index in [1.165, 1.54) is 0 Å². The number of nitrogens with zero attached hydrogens (tertiary/aromatic N) is 2. The van der Waals surface area contributed by atoms with Crippen LogP contribution < -0.4 is 10.9 Å². The molecular formula is C12H19N3O2. The maximum absolute atomic E-state index is 12.2. The van der Waals surface area contributed by atoms with Gasteiger partial charge in [0, 0.05) is 17.9 Å². The van der Waals surface area contributed by atoms with Gasteiger partial charge in [0.1, 0.15) is 0 Å². The zero-order valence-electron chi connectivity index (χ0n) is 10.5. The predicted octanol–water partition coefficient (Wildman–Crippen LogP) is 0.935. The molecule has 0 spiro atoms. The van der Waals surface area contributed by atoms with Gasteiger partial charge in [-0.2, -0.15) is 0 Å². The molecule has 0 unspecified atom stereocenters. The fraction of sp³-hybridized carbons (Fsp3) is 0.667. The zero-order chi connectivity index (χ0) is 12.7. The van der Waals surface area contributed by atoms with Crippen molar-refractivity contribution in [3.8, 4) is 0 Å². The summed E-state index contributed by atoms with van der Waals surface area (Å²) in [5.41, 5.74) is -0.727. The quantitative estimate of drug-likeness (QED) is 0.821. The van der Waals surface area contributed by atoms with E-state index in [-0.39, 0.29) is 23.2 Å². The van der Waals surface area contributed by atoms with Crippen LogP contribution in [0.3, 0.4) is 0 Å². The topological polar surface area (TPSA) is 67.2 Å². The number of aliphatic hydroxyl groups excluding tert-OH is 1. The number of aromatic nitrogens is 2. The Kier molecular flexibility index (Phi) is 2.73. The van der Waals surface area contributed by atoms with Gasteiger partial charge >= 0.3 is 0 Å². The number of aliphatic hydroxyl groups is 1. The second-order valence-corrected chi connectivity index (χ2v) is 5.69. The van der Waals surface area contributed by atoms with Gasteiger partial charge in [0.2, 0.25) is 0 Å². The molecule has 0 saturated heterocycles. The van der Waals surface area contributed by atoms with Gasteiger partial charge < -0.3 is 15.0 Å². The van der Waals surface area contributed by atoms with Gasteiger partial charge in [0.05, 0.1) is 12.1 Å². The van der Waals surface area contributed by atoms with Crippen LogP contribution in [-0.4, -0.2) is 26.8 Å². The van der Waals surface area contributed by atoms with Gasteiger partial charge in [-0.15, -0.1) is 0 Å². The Morgan fingerprint density at radius 2 is 2.18 bits per heavy atom. The second kappa shape index (κ2) is 3.84. The summed E-state index contributed by atoms with van der Waals surface area (Å²) in [6, 6.07) is 0. The van der Waals surface area contributed by atoms with Crippen LogP contribution in [0.2, 0.25) is 0 Å². The Labute approximate surface area is 100 Å². The SMILES string of the molecule is CC(C)(C)n1ccnc(NC2(CO)CC2)c1=O. The van der Waals surface area contributed by atoms with Gasteiger partial charge in [-0.1, -0.05) is 0 Å². The Morgan fingerprint density at radius 3 is 2.65 bits per heavy atom. The monoisotopic (exact) mass is 237 g/mol. The largest absolute Gasteiger partial charge is 0.394 e. The minimum Gasteiger partial charge on any atom is -0.394 e. The molecule has 17 heavy (non-hydrogen) atoms. The van der Waals surface area contributed by atoms with Crippen molar-refractivity contribution in [1.82, 2.24) is 9.55 Å². The van der Waals surface area contributed by atoms with Crippen LogP contribution in [0.5, 0.6) is 0 Å². The van der Waals surface area contributed by atoms with Crippen molar-refractivity contribution in [2.75, 3.05) is 11.9 Å². The van der Waals surface area contributed by atoms with Crippen molar-refractivity contribution < 1.29 is 5.11 Å². The van der Waals surface area contributed by atoms with E-state index in [1.807, 2.05) is 20.8 Å². The van der Waals surface area contributed by atoms with Crippen LogP contribution >= 0.6 is 0 Å². The van der Waals surface area contributed by atoms with E-state index >= 15 is 0 Å². The standard InChI is InChI=1S/C12H19N3O2/c1-11(2,3)15-7-6-13-9(10(15)17)14-12(8-16)4-5-12/h6-7,16H,4-5,8H2,1-3H3,(H,13,14). The van der Waals surface area contributed by atoms with E-state index in [0.29, 0.717) is 5.82 Å². The average molecular weight is 237 g/mol. The maximum atomic E-state index is 12.2. The molecule has 1 aromatic heterocycles. The molecule has 0 atom stereocenters. The highest BCUT2D eigenvalue weighted by atomic mass is 16.3. The highest BCUT2D eigenvalue weighted by Crippen LogP contribution is 2.37. The van der Waals surface area contributed by atoms with Crippen molar-refractivity contribution in [3.63, 3.8) is 0 Å². The van der Waals surface area contributed by atoms with Gasteiger partial charge in [0.15, 0.2) is 5.82 Å². The molecule has 0 aromatic carbocycles. The van der Waals surface area contributed by atoms with Crippen LogP contribution in [0.15, 0.2) is 17.2 Å². The third-order valence-electron chi connectivity index (χ3n) is 3.10. The molecule has 2 N–H and O–H groups in total. The van der Waals surface area contributed by atoms with Crippen LogP contribution in [0.25, 0.3) is 0 Å². The Morgan fingerprint density at radius 1 is 1.53 bits per heavy atom. The zero-order valence-corrected chi connectivity index (χ0v) is 10.5. The Balaban J connectivity index is 2.34. The van der Waals surface area contributed by atoms with Crippen molar-refractivity contribution in [3.05, 3.63) is 22.7 Å². The van der Waals surface area contributed by atoms with Crippen molar-refractivity contribution in [1.29, 1.82) is 0 Å². The van der Waals surface area contributed by atoms with Gasteiger partial charge in [-0.3, -0.25) is 4.79 Å². The number of hydrogen-bond acceptors (Lipinski definition) is 4. The lowest BCUT2D eigenvalue weighted by molar-refractivity contribution is 0.265. The molecule has 1 aromatic rings. The third-order valence-corrected chi connectivity index (χ3v) is 3.10. The first kappa shape index (κ1) is 12.1. The maximum Gasteiger partial charge on any atom is 0.293 e. The minimum absolute atomic E-state index is 0.0402. The summed E-state index contributed by atoms with van der Waals surface area (Å²) >= 11 is 0. The summed E-state index contributed by atoms with van der Waals surface area (Å²) in [5, 5.41) is 12.3. The lowest BCUT2D eigenvalue weighted by Crippen LogP contribution is -2.38. The normalized spacial score (nSPS) is 17.9. The lowest BCUT2D eigenvalue weighted by Gasteiger charge is -2.23. The molecule has 1 saturated carbocycles. The summed E-state index contributed by atoms with van der Waals surface area (Å²) in [7, 11) is 0. The molecule has 1 aliphatic rings. The summed E-state index contributed by atoms with van der Waals surface area (Å²) in [6.45, 7) is 5.95. The first-order chi connectivity index (χ1) is 7.88. The van der Waals surface area contributed by atoms with E-state index in [4.69, 9.17) is 0 Å². The highest BCUT2D eigenvalue weighted by Gasteiger charge is 2.43. The predicted molar refractivity (Wildman–Crippen MR) is 66.2 cm³/mol. The molecule has 0 bridgehead atoms. The molecule has 5 heteroatoms. The molecule has 1 fully saturated rings. The van der Waals surface area contributed by atoms with Crippen LogP contribution in [0.4, 0.5) is 5.82 Å². The van der Waals surface area contributed by atoms with E-state index in [2.05, 4.69) is 10.3 Å². The molecule has 94 valence electrons. The highest BCUT2D eigenvalue weighted by molar-refractivity contribution is 5.38. The molecular weight excluding hydrogens is 218 g/mol. The molecule has 0 aliphatic heterocycles. The van der Waals surface area contributed by atoms with E-state index in [9.17, 15) is 9.90 Å². The van der Waals surface area contributed by atoms with Gasteiger partial charge in [0.25, 0.3) is 5.56 Å². The fourth-order valence-electron chi connectivity index (χ4n) is 1.75. The van der Waals surface area contributed by atoms with Crippen LogP contribution in [0, 0.1) is 0 Å². The van der Waals surface area contributed by atoms with E-state index < -0.39 is 0 Å². The molecule has 5 nitrogen and oxygen atoms in total. The van der Waals surface area contributed by atoms with E-state index in [0.717, 1.165) is 12.8 Å². The molecule has 0 amide bonds. The second-order valence-electron chi connectivity index (χ2n) is 5.69. The van der Waals surface area contributed by atoms with E-state index in [1.54, 1.807) is 17.0 Å². The molecule has 0 radical (unpaired) electrons.